The van der Waals surface area contributed by atoms with E-state index in [1.54, 1.807) is 11.3 Å². The second-order valence-corrected chi connectivity index (χ2v) is 4.57. The highest BCUT2D eigenvalue weighted by molar-refractivity contribution is 9.10. The zero-order valence-electron chi connectivity index (χ0n) is 6.42. The molecule has 0 saturated carbocycles. The zero-order chi connectivity index (χ0) is 8.60. The predicted octanol–water partition coefficient (Wildman–Crippen LogP) is 2.12. The van der Waals surface area contributed by atoms with Gasteiger partial charge < -0.3 is 9.84 Å². The molecule has 1 saturated heterocycles. The third-order valence-electron chi connectivity index (χ3n) is 2.12. The average molecular weight is 249 g/mol. The average Bonchev–Trinajstić information content (AvgIpc) is 2.59. The van der Waals surface area contributed by atoms with Gasteiger partial charge in [-0.3, -0.25) is 0 Å². The fourth-order valence-electron chi connectivity index (χ4n) is 1.38. The van der Waals surface area contributed by atoms with E-state index in [1.165, 1.54) is 0 Å². The van der Waals surface area contributed by atoms with Gasteiger partial charge in [-0.25, -0.2) is 0 Å². The SMILES string of the molecule is OC1(c2cscc2Br)CCOC1. The molecule has 0 bridgehead atoms. The van der Waals surface area contributed by atoms with Gasteiger partial charge in [-0.2, -0.15) is 11.3 Å². The molecular formula is C8H9BrO2S. The summed E-state index contributed by atoms with van der Waals surface area (Å²) in [6.07, 6.45) is 0.697. The molecule has 0 radical (unpaired) electrons. The summed E-state index contributed by atoms with van der Waals surface area (Å²) in [6, 6.07) is 0. The second-order valence-electron chi connectivity index (χ2n) is 2.97. The first kappa shape index (κ1) is 8.69. The summed E-state index contributed by atoms with van der Waals surface area (Å²) in [7, 11) is 0. The Kier molecular flexibility index (Phi) is 2.25. The van der Waals surface area contributed by atoms with Crippen LogP contribution in [0, 0.1) is 0 Å². The van der Waals surface area contributed by atoms with E-state index in [0.717, 1.165) is 10.0 Å². The summed E-state index contributed by atoms with van der Waals surface area (Å²) in [4.78, 5) is 0. The van der Waals surface area contributed by atoms with Gasteiger partial charge >= 0.3 is 0 Å². The third-order valence-corrected chi connectivity index (χ3v) is 3.82. The molecule has 1 fully saturated rings. The normalized spacial score (nSPS) is 29.5. The Labute approximate surface area is 83.3 Å². The van der Waals surface area contributed by atoms with E-state index < -0.39 is 5.60 Å². The molecule has 2 heterocycles. The van der Waals surface area contributed by atoms with Gasteiger partial charge in [-0.05, 0) is 21.3 Å². The van der Waals surface area contributed by atoms with Crippen molar-refractivity contribution in [2.75, 3.05) is 13.2 Å². The third kappa shape index (κ3) is 1.33. The van der Waals surface area contributed by atoms with E-state index in [0.29, 0.717) is 19.6 Å². The molecule has 1 aliphatic rings. The summed E-state index contributed by atoms with van der Waals surface area (Å²) in [5, 5.41) is 14.0. The minimum atomic E-state index is -0.751. The molecule has 0 aromatic carbocycles. The maximum absolute atomic E-state index is 10.1. The summed E-state index contributed by atoms with van der Waals surface area (Å²) < 4.78 is 6.16. The minimum Gasteiger partial charge on any atom is -0.383 e. The van der Waals surface area contributed by atoms with Gasteiger partial charge in [0.05, 0.1) is 6.61 Å². The number of hydrogen-bond acceptors (Lipinski definition) is 3. The van der Waals surface area contributed by atoms with Crippen LogP contribution in [-0.2, 0) is 10.3 Å². The lowest BCUT2D eigenvalue weighted by Gasteiger charge is -2.19. The molecule has 1 atom stereocenters. The van der Waals surface area contributed by atoms with Gasteiger partial charge in [0.25, 0.3) is 0 Å². The van der Waals surface area contributed by atoms with Crippen LogP contribution in [0.4, 0.5) is 0 Å². The van der Waals surface area contributed by atoms with Crippen molar-refractivity contribution in [1.29, 1.82) is 0 Å². The molecule has 12 heavy (non-hydrogen) atoms. The summed E-state index contributed by atoms with van der Waals surface area (Å²) in [5.74, 6) is 0. The Hall–Kier alpha value is 0.1000. The second kappa shape index (κ2) is 3.10. The highest BCUT2D eigenvalue weighted by atomic mass is 79.9. The smallest absolute Gasteiger partial charge is 0.117 e. The fraction of sp³-hybridized carbons (Fsp3) is 0.500. The van der Waals surface area contributed by atoms with Crippen LogP contribution >= 0.6 is 27.3 Å². The van der Waals surface area contributed by atoms with Crippen LogP contribution in [0.1, 0.15) is 12.0 Å². The van der Waals surface area contributed by atoms with Crippen molar-refractivity contribution < 1.29 is 9.84 Å². The van der Waals surface area contributed by atoms with Crippen molar-refractivity contribution in [3.8, 4) is 0 Å². The molecule has 1 N–H and O–H groups in total. The van der Waals surface area contributed by atoms with E-state index in [-0.39, 0.29) is 0 Å². The van der Waals surface area contributed by atoms with Crippen LogP contribution in [0.2, 0.25) is 0 Å². The van der Waals surface area contributed by atoms with Gasteiger partial charge in [0.2, 0.25) is 0 Å². The largest absolute Gasteiger partial charge is 0.383 e. The lowest BCUT2D eigenvalue weighted by atomic mass is 9.96. The highest BCUT2D eigenvalue weighted by Crippen LogP contribution is 2.36. The Bertz CT molecular complexity index is 278. The number of halogens is 1. The van der Waals surface area contributed by atoms with Crippen molar-refractivity contribution in [3.63, 3.8) is 0 Å². The molecule has 1 aliphatic heterocycles. The Morgan fingerprint density at radius 2 is 2.42 bits per heavy atom. The maximum atomic E-state index is 10.1. The standard InChI is InChI=1S/C8H9BrO2S/c9-7-4-12-3-6(7)8(10)1-2-11-5-8/h3-4,10H,1-2,5H2. The van der Waals surface area contributed by atoms with Gasteiger partial charge in [0.1, 0.15) is 5.60 Å². The predicted molar refractivity (Wildman–Crippen MR) is 51.4 cm³/mol. The highest BCUT2D eigenvalue weighted by Gasteiger charge is 2.36. The maximum Gasteiger partial charge on any atom is 0.117 e. The zero-order valence-corrected chi connectivity index (χ0v) is 8.82. The number of hydrogen-bond donors (Lipinski definition) is 1. The molecule has 0 amide bonds. The quantitative estimate of drug-likeness (QED) is 0.826. The van der Waals surface area contributed by atoms with E-state index in [2.05, 4.69) is 15.9 Å². The Morgan fingerprint density at radius 3 is 2.92 bits per heavy atom. The summed E-state index contributed by atoms with van der Waals surface area (Å²) >= 11 is 5.00. The molecule has 2 nitrogen and oxygen atoms in total. The molecule has 1 unspecified atom stereocenters. The van der Waals surface area contributed by atoms with E-state index in [4.69, 9.17) is 4.74 Å². The molecule has 4 heteroatoms. The topological polar surface area (TPSA) is 29.5 Å². The number of aliphatic hydroxyl groups is 1. The van der Waals surface area contributed by atoms with Crippen LogP contribution in [0.15, 0.2) is 15.2 Å². The van der Waals surface area contributed by atoms with Crippen LogP contribution in [-0.4, -0.2) is 18.3 Å². The molecule has 0 spiro atoms. The number of rotatable bonds is 1. The van der Waals surface area contributed by atoms with Crippen LogP contribution in [0.25, 0.3) is 0 Å². The molecule has 0 aliphatic carbocycles. The van der Waals surface area contributed by atoms with Crippen LogP contribution in [0.3, 0.4) is 0 Å². The minimum absolute atomic E-state index is 0.419. The van der Waals surface area contributed by atoms with Gasteiger partial charge in [-0.1, -0.05) is 0 Å². The van der Waals surface area contributed by atoms with Gasteiger partial charge in [0.15, 0.2) is 0 Å². The fourth-order valence-corrected chi connectivity index (χ4v) is 3.14. The van der Waals surface area contributed by atoms with Crippen molar-refractivity contribution in [2.24, 2.45) is 0 Å². The first-order valence-corrected chi connectivity index (χ1v) is 5.48. The molecular weight excluding hydrogens is 240 g/mol. The number of ether oxygens (including phenoxy) is 1. The van der Waals surface area contributed by atoms with Gasteiger partial charge in [0, 0.05) is 28.4 Å². The molecule has 1 aromatic heterocycles. The van der Waals surface area contributed by atoms with E-state index >= 15 is 0 Å². The summed E-state index contributed by atoms with van der Waals surface area (Å²) in [6.45, 7) is 1.07. The van der Waals surface area contributed by atoms with Crippen LogP contribution < -0.4 is 0 Å². The van der Waals surface area contributed by atoms with Crippen molar-refractivity contribution >= 4 is 27.3 Å². The molecule has 2 rings (SSSR count). The first-order chi connectivity index (χ1) is 5.72. The van der Waals surface area contributed by atoms with Gasteiger partial charge in [-0.15, -0.1) is 0 Å². The van der Waals surface area contributed by atoms with E-state index in [1.807, 2.05) is 10.8 Å². The number of thiophene rings is 1. The first-order valence-electron chi connectivity index (χ1n) is 3.75. The van der Waals surface area contributed by atoms with Crippen molar-refractivity contribution in [1.82, 2.24) is 0 Å². The Morgan fingerprint density at radius 1 is 1.58 bits per heavy atom. The summed E-state index contributed by atoms with van der Waals surface area (Å²) in [5.41, 5.74) is 0.212. The lowest BCUT2D eigenvalue weighted by Crippen LogP contribution is -2.25. The van der Waals surface area contributed by atoms with Crippen molar-refractivity contribution in [2.45, 2.75) is 12.0 Å². The molecule has 66 valence electrons. The Balaban J connectivity index is 2.34. The van der Waals surface area contributed by atoms with Crippen molar-refractivity contribution in [3.05, 3.63) is 20.8 Å². The van der Waals surface area contributed by atoms with Crippen LogP contribution in [0.5, 0.6) is 0 Å². The molecule has 1 aromatic rings. The monoisotopic (exact) mass is 248 g/mol. The van der Waals surface area contributed by atoms with E-state index in [9.17, 15) is 5.11 Å². The lowest BCUT2D eigenvalue weighted by molar-refractivity contribution is 0.0230.